The van der Waals surface area contributed by atoms with Crippen molar-refractivity contribution in [3.8, 4) is 11.5 Å². The Bertz CT molecular complexity index is 1170. The summed E-state index contributed by atoms with van der Waals surface area (Å²) < 4.78 is 49.2. The minimum absolute atomic E-state index is 0.0926. The molecular formula is C20H22FN5O5S. The third-order valence-electron chi connectivity index (χ3n) is 5.32. The Hall–Kier alpha value is -3.41. The normalized spacial score (nSPS) is 21.3. The fourth-order valence-corrected chi connectivity index (χ4v) is 5.13. The van der Waals surface area contributed by atoms with E-state index in [-0.39, 0.29) is 30.6 Å². The van der Waals surface area contributed by atoms with Gasteiger partial charge in [0, 0.05) is 24.7 Å². The molecule has 0 bridgehead atoms. The zero-order valence-corrected chi connectivity index (χ0v) is 18.1. The Morgan fingerprint density at radius 3 is 2.88 bits per heavy atom. The smallest absolute Gasteiger partial charge is 0.274 e. The molecule has 10 nitrogen and oxygen atoms in total. The van der Waals surface area contributed by atoms with Crippen molar-refractivity contribution >= 4 is 27.6 Å². The van der Waals surface area contributed by atoms with Gasteiger partial charge in [-0.25, -0.2) is 27.1 Å². The molecule has 0 fully saturated rings. The highest BCUT2D eigenvalue weighted by Gasteiger charge is 2.47. The number of amides is 1. The van der Waals surface area contributed by atoms with Crippen LogP contribution >= 0.6 is 0 Å². The number of halogens is 1. The average molecular weight is 463 g/mol. The molecule has 170 valence electrons. The summed E-state index contributed by atoms with van der Waals surface area (Å²) in [4.78, 5) is 21.1. The van der Waals surface area contributed by atoms with Gasteiger partial charge in [0.1, 0.15) is 36.0 Å². The lowest BCUT2D eigenvalue weighted by Gasteiger charge is -2.40. The molecule has 1 spiro atoms. The minimum atomic E-state index is -3.66. The van der Waals surface area contributed by atoms with Gasteiger partial charge in [-0.2, -0.15) is 0 Å². The van der Waals surface area contributed by atoms with Gasteiger partial charge in [-0.05, 0) is 30.3 Å². The standard InChI is InChI=1S/C20H22FN5O5S/c1-26-19(22)25-20(12-32(26,28)29)6-8-31-17-5-2-13(10-15(17)20)24-18(27)16-4-3-14(11-23-16)30-9-7-21/h2-5,10-11H,6-9,12H2,1H3,(H2,22,25)(H,24,27)/t20-/m0/s1. The predicted molar refractivity (Wildman–Crippen MR) is 115 cm³/mol. The molecule has 3 heterocycles. The Kier molecular flexibility index (Phi) is 5.63. The summed E-state index contributed by atoms with van der Waals surface area (Å²) in [6, 6.07) is 7.92. The molecule has 4 rings (SSSR count). The number of benzene rings is 1. The third kappa shape index (κ3) is 4.05. The SMILES string of the molecule is CN1C(N)=N[C@@]2(CCOc3ccc(NC(=O)c4ccc(OCCF)cn4)cc32)CS1(=O)=O. The fourth-order valence-electron chi connectivity index (χ4n) is 3.64. The number of sulfonamides is 1. The number of guanidine groups is 1. The summed E-state index contributed by atoms with van der Waals surface area (Å²) in [5, 5.41) is 2.74. The van der Waals surface area contributed by atoms with Crippen molar-refractivity contribution in [1.82, 2.24) is 9.29 Å². The maximum Gasteiger partial charge on any atom is 0.274 e. The Labute approximate surface area is 184 Å². The lowest BCUT2D eigenvalue weighted by Crippen LogP contribution is -2.52. The summed E-state index contributed by atoms with van der Waals surface area (Å²) in [6.45, 7) is -0.431. The highest BCUT2D eigenvalue weighted by atomic mass is 32.2. The van der Waals surface area contributed by atoms with E-state index in [1.54, 1.807) is 18.2 Å². The van der Waals surface area contributed by atoms with Crippen LogP contribution in [0.1, 0.15) is 22.5 Å². The molecule has 0 aliphatic carbocycles. The van der Waals surface area contributed by atoms with Gasteiger partial charge in [0.2, 0.25) is 16.0 Å². The van der Waals surface area contributed by atoms with Crippen molar-refractivity contribution in [3.05, 3.63) is 47.8 Å². The second-order valence-corrected chi connectivity index (χ2v) is 9.41. The summed E-state index contributed by atoms with van der Waals surface area (Å²) >= 11 is 0. The number of anilines is 1. The van der Waals surface area contributed by atoms with Crippen molar-refractivity contribution in [2.45, 2.75) is 12.0 Å². The molecule has 0 unspecified atom stereocenters. The Morgan fingerprint density at radius 2 is 2.19 bits per heavy atom. The molecule has 1 atom stereocenters. The number of hydrogen-bond donors (Lipinski definition) is 2. The fraction of sp³-hybridized carbons (Fsp3) is 0.350. The number of nitrogens with one attached hydrogen (secondary N) is 1. The van der Waals surface area contributed by atoms with Gasteiger partial charge in [0.15, 0.2) is 0 Å². The topological polar surface area (TPSA) is 136 Å². The number of pyridine rings is 1. The highest BCUT2D eigenvalue weighted by molar-refractivity contribution is 7.89. The number of nitrogens with zero attached hydrogens (tertiary/aromatic N) is 3. The largest absolute Gasteiger partial charge is 0.493 e. The van der Waals surface area contributed by atoms with Gasteiger partial charge in [-0.3, -0.25) is 4.79 Å². The Morgan fingerprint density at radius 1 is 1.38 bits per heavy atom. The van der Waals surface area contributed by atoms with Gasteiger partial charge in [-0.15, -0.1) is 0 Å². The minimum Gasteiger partial charge on any atom is -0.493 e. The highest BCUT2D eigenvalue weighted by Crippen LogP contribution is 2.44. The zero-order valence-electron chi connectivity index (χ0n) is 17.2. The van der Waals surface area contributed by atoms with Gasteiger partial charge in [0.25, 0.3) is 5.91 Å². The Balaban J connectivity index is 1.61. The van der Waals surface area contributed by atoms with Crippen LogP contribution in [-0.4, -0.2) is 62.3 Å². The zero-order chi connectivity index (χ0) is 22.9. The van der Waals surface area contributed by atoms with Gasteiger partial charge >= 0.3 is 0 Å². The van der Waals surface area contributed by atoms with E-state index in [4.69, 9.17) is 15.2 Å². The molecule has 0 saturated carbocycles. The van der Waals surface area contributed by atoms with Crippen LogP contribution in [0.15, 0.2) is 41.5 Å². The summed E-state index contributed by atoms with van der Waals surface area (Å²) in [5.74, 6) is 0.000905. The molecule has 1 amide bonds. The van der Waals surface area contributed by atoms with E-state index in [2.05, 4.69) is 15.3 Å². The number of carbonyl (C=O) groups excluding carboxylic acids is 1. The van der Waals surface area contributed by atoms with E-state index in [0.717, 1.165) is 4.31 Å². The summed E-state index contributed by atoms with van der Waals surface area (Å²) in [5.41, 5.74) is 5.88. The van der Waals surface area contributed by atoms with Crippen molar-refractivity contribution in [2.75, 3.05) is 38.0 Å². The third-order valence-corrected chi connectivity index (χ3v) is 7.18. The number of nitrogens with two attached hydrogens (primary N) is 1. The second kappa shape index (κ2) is 8.26. The first-order valence-corrected chi connectivity index (χ1v) is 11.4. The van der Waals surface area contributed by atoms with Gasteiger partial charge in [0.05, 0.1) is 18.6 Å². The van der Waals surface area contributed by atoms with Gasteiger partial charge in [-0.1, -0.05) is 0 Å². The maximum atomic E-state index is 12.6. The number of carbonyl (C=O) groups is 1. The molecule has 2 aromatic rings. The number of aliphatic imine (C=N–C) groups is 1. The van der Waals surface area contributed by atoms with E-state index in [1.165, 1.54) is 25.4 Å². The monoisotopic (exact) mass is 463 g/mol. The molecule has 12 heteroatoms. The van der Waals surface area contributed by atoms with E-state index in [1.807, 2.05) is 0 Å². The number of fused-ring (bicyclic) bond motifs is 2. The molecule has 3 N–H and O–H groups in total. The first-order valence-electron chi connectivity index (χ1n) is 9.79. The van der Waals surface area contributed by atoms with Crippen molar-refractivity contribution in [3.63, 3.8) is 0 Å². The van der Waals surface area contributed by atoms with Crippen molar-refractivity contribution in [2.24, 2.45) is 10.7 Å². The van der Waals surface area contributed by atoms with Crippen LogP contribution < -0.4 is 20.5 Å². The van der Waals surface area contributed by atoms with E-state index >= 15 is 0 Å². The molecule has 1 aromatic heterocycles. The summed E-state index contributed by atoms with van der Waals surface area (Å²) in [6.07, 6.45) is 1.66. The second-order valence-electron chi connectivity index (χ2n) is 7.41. The van der Waals surface area contributed by atoms with Crippen LogP contribution in [0.4, 0.5) is 10.1 Å². The van der Waals surface area contributed by atoms with Crippen LogP contribution in [0.25, 0.3) is 0 Å². The van der Waals surface area contributed by atoms with Crippen molar-refractivity contribution in [1.29, 1.82) is 0 Å². The molecule has 0 saturated heterocycles. The number of hydrogen-bond acceptors (Lipinski definition) is 8. The van der Waals surface area contributed by atoms with Crippen LogP contribution in [0, 0.1) is 0 Å². The first-order chi connectivity index (χ1) is 15.2. The molecule has 2 aliphatic heterocycles. The van der Waals surface area contributed by atoms with Crippen LogP contribution in [0.5, 0.6) is 11.5 Å². The number of alkyl halides is 1. The van der Waals surface area contributed by atoms with E-state index in [0.29, 0.717) is 29.2 Å². The van der Waals surface area contributed by atoms with Gasteiger partial charge < -0.3 is 20.5 Å². The number of aromatic nitrogens is 1. The molecule has 0 radical (unpaired) electrons. The number of rotatable bonds is 5. The lowest BCUT2D eigenvalue weighted by atomic mass is 9.86. The maximum absolute atomic E-state index is 12.6. The quantitative estimate of drug-likeness (QED) is 0.681. The first kappa shape index (κ1) is 21.8. The van der Waals surface area contributed by atoms with E-state index < -0.39 is 28.1 Å². The van der Waals surface area contributed by atoms with Crippen LogP contribution in [0.3, 0.4) is 0 Å². The molecule has 1 aromatic carbocycles. The molecule has 32 heavy (non-hydrogen) atoms. The lowest BCUT2D eigenvalue weighted by molar-refractivity contribution is 0.102. The molecule has 2 aliphatic rings. The molecular weight excluding hydrogens is 441 g/mol. The van der Waals surface area contributed by atoms with Crippen molar-refractivity contribution < 1.29 is 27.1 Å². The average Bonchev–Trinajstić information content (AvgIpc) is 2.77. The number of ether oxygens (including phenoxy) is 2. The van der Waals surface area contributed by atoms with Crippen LogP contribution in [0.2, 0.25) is 0 Å². The predicted octanol–water partition coefficient (Wildman–Crippen LogP) is 1.25. The van der Waals surface area contributed by atoms with Crippen LogP contribution in [-0.2, 0) is 15.6 Å². The van der Waals surface area contributed by atoms with E-state index in [9.17, 15) is 17.6 Å². The summed E-state index contributed by atoms with van der Waals surface area (Å²) in [7, 11) is -2.30.